The first-order chi connectivity index (χ1) is 14.9. The minimum atomic E-state index is -3.52. The molecule has 1 rings (SSSR count). The molecule has 0 aromatic heterocycles. The summed E-state index contributed by atoms with van der Waals surface area (Å²) in [5, 5.41) is 2.63. The van der Waals surface area contributed by atoms with E-state index in [2.05, 4.69) is 33.0 Å². The maximum Gasteiger partial charge on any atom is 0.251 e. The monoisotopic (exact) mass is 477 g/mol. The lowest BCUT2D eigenvalue weighted by Crippen LogP contribution is -2.53. The molecule has 0 radical (unpaired) electrons. The summed E-state index contributed by atoms with van der Waals surface area (Å²) in [6.07, 6.45) is 0.611. The van der Waals surface area contributed by atoms with Crippen LogP contribution in [0.4, 0.5) is 0 Å². The molecule has 1 aliphatic heterocycles. The number of amides is 2. The van der Waals surface area contributed by atoms with Crippen LogP contribution in [0.15, 0.2) is 0 Å². The first-order valence-electron chi connectivity index (χ1n) is 11.7. The van der Waals surface area contributed by atoms with Gasteiger partial charge in [0.15, 0.2) is 0 Å². The van der Waals surface area contributed by atoms with Crippen LogP contribution in [0.3, 0.4) is 0 Å². The Hall–Kier alpha value is -1.23. The number of sulfonamides is 1. The van der Waals surface area contributed by atoms with Gasteiger partial charge in [-0.2, -0.15) is 4.31 Å². The SMILES string of the molecule is CC(C)CCOC(C)C(=O)NCCS(=O)(=O)N1CCN(C(=O)C(C)OCCC(C)C)CC1. The van der Waals surface area contributed by atoms with Crippen LogP contribution in [-0.4, -0.2) is 93.3 Å². The summed E-state index contributed by atoms with van der Waals surface area (Å²) in [6.45, 7) is 14.0. The van der Waals surface area contributed by atoms with Gasteiger partial charge in [0.05, 0.1) is 5.75 Å². The van der Waals surface area contributed by atoms with Crippen LogP contribution in [0, 0.1) is 11.8 Å². The van der Waals surface area contributed by atoms with Gasteiger partial charge >= 0.3 is 0 Å². The molecule has 1 saturated heterocycles. The molecule has 1 fully saturated rings. The van der Waals surface area contributed by atoms with Crippen molar-refractivity contribution in [3.63, 3.8) is 0 Å². The van der Waals surface area contributed by atoms with E-state index >= 15 is 0 Å². The standard InChI is InChI=1S/C22H43N3O6S/c1-17(2)7-14-30-19(5)21(26)23-9-16-32(28,29)25-12-10-24(11-13-25)22(27)20(6)31-15-8-18(3)4/h17-20H,7-16H2,1-6H3,(H,23,26). The molecular formula is C22H43N3O6S. The van der Waals surface area contributed by atoms with Gasteiger partial charge in [-0.15, -0.1) is 0 Å². The van der Waals surface area contributed by atoms with E-state index in [0.29, 0.717) is 38.1 Å². The minimum absolute atomic E-state index is 0.0267. The fourth-order valence-electron chi connectivity index (χ4n) is 3.13. The molecule has 0 aromatic rings. The molecule has 32 heavy (non-hydrogen) atoms. The van der Waals surface area contributed by atoms with Crippen LogP contribution < -0.4 is 5.32 Å². The van der Waals surface area contributed by atoms with Gasteiger partial charge in [-0.3, -0.25) is 9.59 Å². The highest BCUT2D eigenvalue weighted by molar-refractivity contribution is 7.89. The highest BCUT2D eigenvalue weighted by Crippen LogP contribution is 2.11. The lowest BCUT2D eigenvalue weighted by molar-refractivity contribution is -0.144. The first kappa shape index (κ1) is 28.8. The Labute approximate surface area is 194 Å². The molecule has 2 atom stereocenters. The third-order valence-corrected chi connectivity index (χ3v) is 7.32. The van der Waals surface area contributed by atoms with E-state index in [1.165, 1.54) is 4.31 Å². The second-order valence-electron chi connectivity index (χ2n) is 9.22. The number of hydrogen-bond donors (Lipinski definition) is 1. The number of carbonyl (C=O) groups excluding carboxylic acids is 2. The third kappa shape index (κ3) is 10.6. The highest BCUT2D eigenvalue weighted by Gasteiger charge is 2.30. The van der Waals surface area contributed by atoms with Crippen LogP contribution in [-0.2, 0) is 29.1 Å². The number of nitrogens with zero attached hydrogens (tertiary/aromatic N) is 2. The van der Waals surface area contributed by atoms with Crippen molar-refractivity contribution in [3.05, 3.63) is 0 Å². The normalized spacial score (nSPS) is 17.6. The van der Waals surface area contributed by atoms with Crippen molar-refractivity contribution in [3.8, 4) is 0 Å². The Balaban J connectivity index is 2.36. The zero-order valence-electron chi connectivity index (χ0n) is 20.6. The van der Waals surface area contributed by atoms with Crippen LogP contribution in [0.5, 0.6) is 0 Å². The van der Waals surface area contributed by atoms with Crippen molar-refractivity contribution in [2.75, 3.05) is 51.7 Å². The van der Waals surface area contributed by atoms with E-state index in [1.54, 1.807) is 18.7 Å². The summed E-state index contributed by atoms with van der Waals surface area (Å²) in [7, 11) is -3.52. The Morgan fingerprint density at radius 3 is 1.84 bits per heavy atom. The van der Waals surface area contributed by atoms with E-state index in [1.807, 2.05) is 0 Å². The Morgan fingerprint density at radius 2 is 1.34 bits per heavy atom. The number of hydrogen-bond acceptors (Lipinski definition) is 6. The van der Waals surface area contributed by atoms with Gasteiger partial charge in [-0.05, 0) is 38.5 Å². The molecule has 0 aromatic carbocycles. The zero-order chi connectivity index (χ0) is 24.3. The molecule has 9 nitrogen and oxygen atoms in total. The van der Waals surface area contributed by atoms with Crippen molar-refractivity contribution in [1.82, 2.24) is 14.5 Å². The predicted molar refractivity (Wildman–Crippen MR) is 125 cm³/mol. The van der Waals surface area contributed by atoms with E-state index < -0.39 is 22.2 Å². The maximum absolute atomic E-state index is 12.6. The second kappa shape index (κ2) is 14.1. The number of piperazine rings is 1. The predicted octanol–water partition coefficient (Wildman–Crippen LogP) is 1.48. The molecular weight excluding hydrogens is 434 g/mol. The fraction of sp³-hybridized carbons (Fsp3) is 0.909. The van der Waals surface area contributed by atoms with Crippen molar-refractivity contribution in [2.24, 2.45) is 11.8 Å². The quantitative estimate of drug-likeness (QED) is 0.406. The number of rotatable bonds is 14. The first-order valence-corrected chi connectivity index (χ1v) is 13.3. The van der Waals surface area contributed by atoms with E-state index in [4.69, 9.17) is 9.47 Å². The third-order valence-electron chi connectivity index (χ3n) is 5.45. The van der Waals surface area contributed by atoms with Gasteiger partial charge in [0.2, 0.25) is 15.9 Å². The average Bonchev–Trinajstić information content (AvgIpc) is 2.72. The molecule has 1 aliphatic rings. The van der Waals surface area contributed by atoms with Gasteiger partial charge in [0, 0.05) is 45.9 Å². The molecule has 0 saturated carbocycles. The number of carbonyl (C=O) groups is 2. The smallest absolute Gasteiger partial charge is 0.251 e. The van der Waals surface area contributed by atoms with Crippen molar-refractivity contribution < 1.29 is 27.5 Å². The van der Waals surface area contributed by atoms with Crippen LogP contribution in [0.1, 0.15) is 54.4 Å². The van der Waals surface area contributed by atoms with E-state index in [-0.39, 0.29) is 37.2 Å². The molecule has 2 unspecified atom stereocenters. The van der Waals surface area contributed by atoms with Gasteiger partial charge in [-0.1, -0.05) is 27.7 Å². The average molecular weight is 478 g/mol. The molecule has 2 amide bonds. The largest absolute Gasteiger partial charge is 0.369 e. The molecule has 0 bridgehead atoms. The number of ether oxygens (including phenoxy) is 2. The lowest BCUT2D eigenvalue weighted by atomic mass is 10.1. The minimum Gasteiger partial charge on any atom is -0.369 e. The topological polar surface area (TPSA) is 105 Å². The van der Waals surface area contributed by atoms with E-state index in [9.17, 15) is 18.0 Å². The van der Waals surface area contributed by atoms with E-state index in [0.717, 1.165) is 12.8 Å². The highest BCUT2D eigenvalue weighted by atomic mass is 32.2. The maximum atomic E-state index is 12.6. The lowest BCUT2D eigenvalue weighted by Gasteiger charge is -2.35. The number of nitrogens with one attached hydrogen (secondary N) is 1. The summed E-state index contributed by atoms with van der Waals surface area (Å²) >= 11 is 0. The van der Waals surface area contributed by atoms with Gasteiger partial charge < -0.3 is 19.7 Å². The summed E-state index contributed by atoms with van der Waals surface area (Å²) in [6, 6.07) is 0. The zero-order valence-corrected chi connectivity index (χ0v) is 21.4. The molecule has 188 valence electrons. The molecule has 1 heterocycles. The van der Waals surface area contributed by atoms with Crippen LogP contribution in [0.2, 0.25) is 0 Å². The Morgan fingerprint density at radius 1 is 0.844 bits per heavy atom. The fourth-order valence-corrected chi connectivity index (χ4v) is 4.47. The van der Waals surface area contributed by atoms with Crippen molar-refractivity contribution in [2.45, 2.75) is 66.6 Å². The molecule has 10 heteroatoms. The van der Waals surface area contributed by atoms with Crippen molar-refractivity contribution >= 4 is 21.8 Å². The molecule has 1 N–H and O–H groups in total. The molecule has 0 aliphatic carbocycles. The summed E-state index contributed by atoms with van der Waals surface area (Å²) in [4.78, 5) is 26.3. The summed E-state index contributed by atoms with van der Waals surface area (Å²) < 4.78 is 37.7. The Kier molecular flexibility index (Phi) is 12.7. The van der Waals surface area contributed by atoms with Gasteiger partial charge in [0.25, 0.3) is 5.91 Å². The summed E-state index contributed by atoms with van der Waals surface area (Å²) in [5.41, 5.74) is 0. The van der Waals surface area contributed by atoms with Crippen LogP contribution >= 0.6 is 0 Å². The second-order valence-corrected chi connectivity index (χ2v) is 11.3. The molecule has 0 spiro atoms. The van der Waals surface area contributed by atoms with Gasteiger partial charge in [-0.25, -0.2) is 8.42 Å². The van der Waals surface area contributed by atoms with Crippen molar-refractivity contribution in [1.29, 1.82) is 0 Å². The Bertz CT molecular complexity index is 675. The van der Waals surface area contributed by atoms with Crippen LogP contribution in [0.25, 0.3) is 0 Å². The summed E-state index contributed by atoms with van der Waals surface area (Å²) in [5.74, 6) is 0.402. The van der Waals surface area contributed by atoms with Gasteiger partial charge in [0.1, 0.15) is 12.2 Å².